The summed E-state index contributed by atoms with van der Waals surface area (Å²) in [4.78, 5) is 53.3. The van der Waals surface area contributed by atoms with E-state index in [0.717, 1.165) is 6.42 Å². The van der Waals surface area contributed by atoms with Crippen molar-refractivity contribution in [3.63, 3.8) is 0 Å². The normalized spacial score (nSPS) is 20.7. The molecular formula is C23H30N2O6. The number of carbonyl (C=O) groups excluding carboxylic acids is 4. The quantitative estimate of drug-likeness (QED) is 0.488. The molecule has 1 aromatic rings. The molecule has 0 aromatic heterocycles. The van der Waals surface area contributed by atoms with Crippen molar-refractivity contribution in [2.45, 2.75) is 52.6 Å². The van der Waals surface area contributed by atoms with E-state index in [-0.39, 0.29) is 42.6 Å². The molecule has 0 N–H and O–H groups in total. The zero-order valence-corrected chi connectivity index (χ0v) is 18.4. The number of likely N-dealkylation sites (tertiary alicyclic amines) is 1. The van der Waals surface area contributed by atoms with E-state index in [0.29, 0.717) is 49.4 Å². The summed E-state index contributed by atoms with van der Waals surface area (Å²) in [6, 6.07) is 4.99. The molecule has 31 heavy (non-hydrogen) atoms. The minimum absolute atomic E-state index is 0.0176. The maximum Gasteiger partial charge on any atom is 0.310 e. The molecule has 1 fully saturated rings. The van der Waals surface area contributed by atoms with Gasteiger partial charge < -0.3 is 14.4 Å². The number of ketones is 1. The number of carbonyl (C=O) groups is 4. The third-order valence-electron chi connectivity index (χ3n) is 5.65. The Balaban J connectivity index is 1.79. The van der Waals surface area contributed by atoms with Crippen molar-refractivity contribution < 1.29 is 28.7 Å². The first-order valence-corrected chi connectivity index (χ1v) is 10.9. The molecular weight excluding hydrogens is 400 g/mol. The van der Waals surface area contributed by atoms with Crippen LogP contribution in [0.2, 0.25) is 0 Å². The lowest BCUT2D eigenvalue weighted by Gasteiger charge is -2.36. The monoisotopic (exact) mass is 430 g/mol. The van der Waals surface area contributed by atoms with Gasteiger partial charge in [0, 0.05) is 25.1 Å². The molecule has 0 bridgehead atoms. The van der Waals surface area contributed by atoms with Crippen molar-refractivity contribution in [2.75, 3.05) is 31.1 Å². The third-order valence-corrected chi connectivity index (χ3v) is 5.65. The highest BCUT2D eigenvalue weighted by atomic mass is 16.5. The minimum Gasteiger partial charge on any atom is -0.479 e. The number of amides is 2. The second kappa shape index (κ2) is 9.94. The summed E-state index contributed by atoms with van der Waals surface area (Å²) in [6.07, 6.45) is 1.79. The van der Waals surface area contributed by atoms with Gasteiger partial charge in [-0.15, -0.1) is 0 Å². The van der Waals surface area contributed by atoms with E-state index in [2.05, 4.69) is 0 Å². The topological polar surface area (TPSA) is 93.2 Å². The van der Waals surface area contributed by atoms with Gasteiger partial charge in [0.25, 0.3) is 5.91 Å². The minimum atomic E-state index is -0.730. The van der Waals surface area contributed by atoms with Gasteiger partial charge in [-0.05, 0) is 51.3 Å². The molecule has 0 aliphatic carbocycles. The summed E-state index contributed by atoms with van der Waals surface area (Å²) < 4.78 is 10.8. The highest BCUT2D eigenvalue weighted by Crippen LogP contribution is 2.35. The highest BCUT2D eigenvalue weighted by molar-refractivity contribution is 6.05. The van der Waals surface area contributed by atoms with Crippen molar-refractivity contribution in [3.8, 4) is 5.75 Å². The van der Waals surface area contributed by atoms with Crippen molar-refractivity contribution in [1.82, 2.24) is 4.90 Å². The lowest BCUT2D eigenvalue weighted by molar-refractivity contribution is -0.151. The van der Waals surface area contributed by atoms with Crippen LogP contribution in [0.25, 0.3) is 0 Å². The van der Waals surface area contributed by atoms with E-state index in [1.54, 1.807) is 36.9 Å². The van der Waals surface area contributed by atoms with E-state index in [1.165, 1.54) is 4.90 Å². The Morgan fingerprint density at radius 1 is 1.23 bits per heavy atom. The first kappa shape index (κ1) is 22.8. The molecule has 3 rings (SSSR count). The smallest absolute Gasteiger partial charge is 0.310 e. The van der Waals surface area contributed by atoms with Gasteiger partial charge in [0.05, 0.1) is 18.2 Å². The van der Waals surface area contributed by atoms with Crippen LogP contribution in [0.15, 0.2) is 18.2 Å². The van der Waals surface area contributed by atoms with Crippen molar-refractivity contribution in [2.24, 2.45) is 5.92 Å². The lowest BCUT2D eigenvalue weighted by atomic mass is 9.98. The average Bonchev–Trinajstić information content (AvgIpc) is 2.77. The maximum absolute atomic E-state index is 13.0. The largest absolute Gasteiger partial charge is 0.479 e. The standard InChI is InChI=1S/C23H30N2O6/c1-4-7-19(26)16-9-10-20-18(12-16)25(22(28)15(3)31-20)14-21(27)24-11-6-8-17(13-24)23(29)30-5-2/h9-10,12,15,17H,4-8,11,13-14H2,1-3H3. The van der Waals surface area contributed by atoms with E-state index >= 15 is 0 Å². The fourth-order valence-corrected chi connectivity index (χ4v) is 4.01. The van der Waals surface area contributed by atoms with Gasteiger partial charge in [0.2, 0.25) is 5.91 Å². The van der Waals surface area contributed by atoms with Crippen LogP contribution in [-0.2, 0) is 19.1 Å². The molecule has 1 aromatic carbocycles. The number of fused-ring (bicyclic) bond motifs is 1. The molecule has 2 amide bonds. The number of hydrogen-bond donors (Lipinski definition) is 0. The maximum atomic E-state index is 13.0. The fourth-order valence-electron chi connectivity index (χ4n) is 4.01. The van der Waals surface area contributed by atoms with Crippen LogP contribution in [0, 0.1) is 5.92 Å². The second-order valence-electron chi connectivity index (χ2n) is 7.97. The first-order valence-electron chi connectivity index (χ1n) is 10.9. The van der Waals surface area contributed by atoms with Crippen LogP contribution in [0.1, 0.15) is 56.8 Å². The van der Waals surface area contributed by atoms with Crippen LogP contribution >= 0.6 is 0 Å². The molecule has 2 aliphatic rings. The third kappa shape index (κ3) is 5.06. The number of ether oxygens (including phenoxy) is 2. The molecule has 1 saturated heterocycles. The van der Waals surface area contributed by atoms with E-state index < -0.39 is 6.10 Å². The molecule has 2 unspecified atom stereocenters. The number of rotatable bonds is 7. The average molecular weight is 431 g/mol. The van der Waals surface area contributed by atoms with Gasteiger partial charge in [-0.3, -0.25) is 24.1 Å². The molecule has 0 spiro atoms. The molecule has 0 saturated carbocycles. The SMILES string of the molecule is CCCC(=O)c1ccc2c(c1)N(CC(=O)N1CCCC(C(=O)OCC)C1)C(=O)C(C)O2. The van der Waals surface area contributed by atoms with Crippen LogP contribution in [-0.4, -0.2) is 60.8 Å². The Kier molecular flexibility index (Phi) is 7.30. The summed E-state index contributed by atoms with van der Waals surface area (Å²) >= 11 is 0. The zero-order chi connectivity index (χ0) is 22.5. The molecule has 2 heterocycles. The summed E-state index contributed by atoms with van der Waals surface area (Å²) in [5, 5.41) is 0. The molecule has 168 valence electrons. The van der Waals surface area contributed by atoms with Crippen molar-refractivity contribution >= 4 is 29.3 Å². The Morgan fingerprint density at radius 3 is 2.71 bits per heavy atom. The number of anilines is 1. The van der Waals surface area contributed by atoms with Gasteiger partial charge in [-0.1, -0.05) is 6.92 Å². The second-order valence-corrected chi connectivity index (χ2v) is 7.97. The van der Waals surface area contributed by atoms with Crippen molar-refractivity contribution in [3.05, 3.63) is 23.8 Å². The van der Waals surface area contributed by atoms with E-state index in [4.69, 9.17) is 9.47 Å². The van der Waals surface area contributed by atoms with Gasteiger partial charge in [-0.25, -0.2) is 0 Å². The highest BCUT2D eigenvalue weighted by Gasteiger charge is 2.36. The van der Waals surface area contributed by atoms with Crippen molar-refractivity contribution in [1.29, 1.82) is 0 Å². The Bertz CT molecular complexity index is 868. The van der Waals surface area contributed by atoms with E-state index in [9.17, 15) is 19.2 Å². The first-order chi connectivity index (χ1) is 14.8. The molecule has 8 nitrogen and oxygen atoms in total. The number of benzene rings is 1. The number of esters is 1. The van der Waals surface area contributed by atoms with Crippen LogP contribution in [0.5, 0.6) is 5.75 Å². The van der Waals surface area contributed by atoms with Gasteiger partial charge in [-0.2, -0.15) is 0 Å². The number of hydrogen-bond acceptors (Lipinski definition) is 6. The Labute approximate surface area is 182 Å². The van der Waals surface area contributed by atoms with Crippen LogP contribution < -0.4 is 9.64 Å². The summed E-state index contributed by atoms with van der Waals surface area (Å²) in [5.41, 5.74) is 0.918. The zero-order valence-electron chi connectivity index (χ0n) is 18.4. The van der Waals surface area contributed by atoms with E-state index in [1.807, 2.05) is 6.92 Å². The fraction of sp³-hybridized carbons (Fsp3) is 0.565. The lowest BCUT2D eigenvalue weighted by Crippen LogP contribution is -2.51. The predicted molar refractivity (Wildman–Crippen MR) is 114 cm³/mol. The number of piperidine rings is 1. The van der Waals surface area contributed by atoms with Crippen LogP contribution in [0.3, 0.4) is 0 Å². The summed E-state index contributed by atoms with van der Waals surface area (Å²) in [5.74, 6) is -0.762. The Morgan fingerprint density at radius 2 is 2.00 bits per heavy atom. The predicted octanol–water partition coefficient (Wildman–Crippen LogP) is 2.58. The van der Waals surface area contributed by atoms with Gasteiger partial charge in [0.1, 0.15) is 12.3 Å². The number of nitrogens with zero attached hydrogens (tertiary/aromatic N) is 2. The molecule has 2 aliphatic heterocycles. The van der Waals surface area contributed by atoms with Gasteiger partial charge in [0.15, 0.2) is 11.9 Å². The summed E-state index contributed by atoms with van der Waals surface area (Å²) in [6.45, 7) is 6.28. The molecule has 2 atom stereocenters. The molecule has 8 heteroatoms. The van der Waals surface area contributed by atoms with Crippen LogP contribution in [0.4, 0.5) is 5.69 Å². The Hall–Kier alpha value is -2.90. The molecule has 0 radical (unpaired) electrons. The number of Topliss-reactive ketones (excluding diaryl/α,β-unsaturated/α-hetero) is 1. The summed E-state index contributed by atoms with van der Waals surface area (Å²) in [7, 11) is 0. The van der Waals surface area contributed by atoms with Gasteiger partial charge >= 0.3 is 5.97 Å².